The minimum atomic E-state index is -0.324. The molecule has 0 saturated carbocycles. The van der Waals surface area contributed by atoms with Gasteiger partial charge in [-0.05, 0) is 29.7 Å². The predicted molar refractivity (Wildman–Crippen MR) is 63.0 cm³/mol. The molecule has 0 unspecified atom stereocenters. The lowest BCUT2D eigenvalue weighted by Crippen LogP contribution is -1.81. The van der Waals surface area contributed by atoms with Crippen molar-refractivity contribution in [1.29, 1.82) is 0 Å². The second kappa shape index (κ2) is 4.08. The van der Waals surface area contributed by atoms with Crippen LogP contribution in [0.1, 0.15) is 0 Å². The highest BCUT2D eigenvalue weighted by Gasteiger charge is 2.09. The lowest BCUT2D eigenvalue weighted by atomic mass is 10.2. The Bertz CT molecular complexity index is 474. The topological polar surface area (TPSA) is 25.8 Å². The van der Waals surface area contributed by atoms with Crippen molar-refractivity contribution < 1.29 is 4.39 Å². The van der Waals surface area contributed by atoms with Gasteiger partial charge in [-0.1, -0.05) is 11.6 Å². The molecule has 0 amide bonds. The molecule has 1 aromatic carbocycles. The number of hydrogen-bond acceptors (Lipinski definition) is 3. The molecule has 0 radical (unpaired) electrons. The van der Waals surface area contributed by atoms with Crippen molar-refractivity contribution in [3.8, 4) is 10.6 Å². The Balaban J connectivity index is 2.55. The maximum Gasteiger partial charge on any atom is 0.203 e. The molecule has 2 rings (SSSR count). The van der Waals surface area contributed by atoms with E-state index in [9.17, 15) is 4.39 Å². The summed E-state index contributed by atoms with van der Waals surface area (Å²) in [6.45, 7) is 0. The molecule has 0 saturated heterocycles. The Morgan fingerprint density at radius 3 is 2.86 bits per heavy atom. The van der Waals surface area contributed by atoms with Gasteiger partial charge in [0.1, 0.15) is 10.8 Å². The van der Waals surface area contributed by atoms with Crippen LogP contribution < -0.4 is 0 Å². The molecular formula is C8H3ClFIN2S. The van der Waals surface area contributed by atoms with Gasteiger partial charge in [-0.2, -0.15) is 4.37 Å². The number of benzene rings is 1. The molecule has 6 heteroatoms. The molecule has 14 heavy (non-hydrogen) atoms. The molecule has 0 spiro atoms. The van der Waals surface area contributed by atoms with Crippen LogP contribution in [0.2, 0.25) is 5.02 Å². The molecule has 1 heterocycles. The molecule has 0 fully saturated rings. The molecule has 1 aromatic heterocycles. The van der Waals surface area contributed by atoms with Crippen LogP contribution in [0, 0.1) is 9.65 Å². The van der Waals surface area contributed by atoms with Gasteiger partial charge in [0.15, 0.2) is 0 Å². The smallest absolute Gasteiger partial charge is 0.203 e. The minimum Gasteiger partial charge on any atom is -0.210 e. The second-order valence-corrected chi connectivity index (χ2v) is 4.62. The van der Waals surface area contributed by atoms with Crippen LogP contribution in [0.25, 0.3) is 10.6 Å². The van der Waals surface area contributed by atoms with Crippen molar-refractivity contribution in [3.05, 3.63) is 32.9 Å². The fraction of sp³-hybridized carbons (Fsp3) is 0. The zero-order valence-electron chi connectivity index (χ0n) is 6.67. The van der Waals surface area contributed by atoms with Crippen LogP contribution in [0.4, 0.5) is 4.39 Å². The van der Waals surface area contributed by atoms with Crippen LogP contribution in [-0.2, 0) is 0 Å². The molecule has 0 N–H and O–H groups in total. The lowest BCUT2D eigenvalue weighted by Gasteiger charge is -1.98. The first-order valence-corrected chi connectivity index (χ1v) is 5.84. The molecule has 72 valence electrons. The third-order valence-electron chi connectivity index (χ3n) is 1.56. The molecule has 0 aliphatic heterocycles. The van der Waals surface area contributed by atoms with Gasteiger partial charge in [-0.3, -0.25) is 0 Å². The van der Waals surface area contributed by atoms with Crippen molar-refractivity contribution in [2.75, 3.05) is 0 Å². The summed E-state index contributed by atoms with van der Waals surface area (Å²) in [5.74, 6) is -0.324. The van der Waals surface area contributed by atoms with Crippen molar-refractivity contribution in [3.63, 3.8) is 0 Å². The Morgan fingerprint density at radius 1 is 1.43 bits per heavy atom. The third-order valence-corrected chi connectivity index (χ3v) is 3.45. The van der Waals surface area contributed by atoms with Crippen LogP contribution in [0.3, 0.4) is 0 Å². The predicted octanol–water partition coefficient (Wildman–Crippen LogP) is 3.60. The summed E-state index contributed by atoms with van der Waals surface area (Å²) in [5.41, 5.74) is 0.590. The van der Waals surface area contributed by atoms with Crippen molar-refractivity contribution in [1.82, 2.24) is 9.36 Å². The van der Waals surface area contributed by atoms with E-state index >= 15 is 0 Å². The highest BCUT2D eigenvalue weighted by atomic mass is 127. The first kappa shape index (κ1) is 10.3. The summed E-state index contributed by atoms with van der Waals surface area (Å²) in [7, 11) is 0. The van der Waals surface area contributed by atoms with E-state index in [1.54, 1.807) is 0 Å². The van der Waals surface area contributed by atoms with Crippen LogP contribution >= 0.6 is 45.7 Å². The highest BCUT2D eigenvalue weighted by Crippen LogP contribution is 2.29. The summed E-state index contributed by atoms with van der Waals surface area (Å²) < 4.78 is 17.6. The van der Waals surface area contributed by atoms with E-state index in [4.69, 9.17) is 11.6 Å². The summed E-state index contributed by atoms with van der Waals surface area (Å²) in [6.07, 6.45) is 0. The number of halogens is 3. The van der Waals surface area contributed by atoms with Crippen LogP contribution in [-0.4, -0.2) is 9.36 Å². The van der Waals surface area contributed by atoms with E-state index in [-0.39, 0.29) is 5.82 Å². The number of aromatic nitrogens is 2. The molecule has 0 atom stereocenters. The molecular weight excluding hydrogens is 338 g/mol. The van der Waals surface area contributed by atoms with E-state index < -0.39 is 0 Å². The third kappa shape index (κ3) is 2.04. The maximum atomic E-state index is 12.9. The number of nitrogens with zero attached hydrogens (tertiary/aromatic N) is 2. The fourth-order valence-electron chi connectivity index (χ4n) is 0.976. The molecule has 2 aromatic rings. The Labute approximate surface area is 102 Å². The summed E-state index contributed by atoms with van der Waals surface area (Å²) in [5, 5.41) is 1.12. The summed E-state index contributed by atoms with van der Waals surface area (Å²) in [6, 6.07) is 4.19. The van der Waals surface area contributed by atoms with Gasteiger partial charge >= 0.3 is 0 Å². The molecule has 2 nitrogen and oxygen atoms in total. The second-order valence-electron chi connectivity index (χ2n) is 2.49. The van der Waals surface area contributed by atoms with E-state index in [0.29, 0.717) is 19.4 Å². The van der Waals surface area contributed by atoms with Gasteiger partial charge in [-0.25, -0.2) is 9.37 Å². The number of rotatable bonds is 1. The zero-order valence-corrected chi connectivity index (χ0v) is 10.4. The normalized spacial score (nSPS) is 10.5. The van der Waals surface area contributed by atoms with E-state index in [1.807, 2.05) is 22.6 Å². The largest absolute Gasteiger partial charge is 0.210 e. The van der Waals surface area contributed by atoms with Gasteiger partial charge in [-0.15, -0.1) is 0 Å². The van der Waals surface area contributed by atoms with Crippen molar-refractivity contribution >= 4 is 45.7 Å². The van der Waals surface area contributed by atoms with Crippen LogP contribution in [0.5, 0.6) is 0 Å². The zero-order chi connectivity index (χ0) is 10.1. The fourth-order valence-corrected chi connectivity index (χ4v) is 2.54. The molecule has 0 aliphatic carbocycles. The summed E-state index contributed by atoms with van der Waals surface area (Å²) in [4.78, 5) is 4.13. The first-order chi connectivity index (χ1) is 6.66. The Morgan fingerprint density at radius 2 is 2.21 bits per heavy atom. The number of hydrogen-bond donors (Lipinski definition) is 0. The van der Waals surface area contributed by atoms with Crippen molar-refractivity contribution in [2.24, 2.45) is 0 Å². The average molecular weight is 341 g/mol. The summed E-state index contributed by atoms with van der Waals surface area (Å²) >= 11 is 9.11. The van der Waals surface area contributed by atoms with Gasteiger partial charge in [0.05, 0.1) is 5.02 Å². The van der Waals surface area contributed by atoms with E-state index in [0.717, 1.165) is 0 Å². The highest BCUT2D eigenvalue weighted by molar-refractivity contribution is 14.1. The van der Waals surface area contributed by atoms with Gasteiger partial charge in [0.25, 0.3) is 0 Å². The molecule has 0 bridgehead atoms. The quantitative estimate of drug-likeness (QED) is 0.741. The van der Waals surface area contributed by atoms with Gasteiger partial charge in [0.2, 0.25) is 3.83 Å². The maximum absolute atomic E-state index is 12.9. The standard InChI is InChI=1S/C8H3ClFIN2S/c9-6-2-1-4(10)3-5(6)7-12-8(11)13-14-7/h1-3H. The monoisotopic (exact) mass is 340 g/mol. The van der Waals surface area contributed by atoms with Gasteiger partial charge in [0, 0.05) is 28.2 Å². The van der Waals surface area contributed by atoms with E-state index in [2.05, 4.69) is 9.36 Å². The van der Waals surface area contributed by atoms with Gasteiger partial charge < -0.3 is 0 Å². The van der Waals surface area contributed by atoms with Crippen molar-refractivity contribution in [2.45, 2.75) is 0 Å². The minimum absolute atomic E-state index is 0.324. The first-order valence-electron chi connectivity index (χ1n) is 3.61. The van der Waals surface area contributed by atoms with Crippen LogP contribution in [0.15, 0.2) is 18.2 Å². The lowest BCUT2D eigenvalue weighted by molar-refractivity contribution is 0.628. The van der Waals surface area contributed by atoms with E-state index in [1.165, 1.54) is 29.7 Å². The Kier molecular flexibility index (Phi) is 2.99. The average Bonchev–Trinajstić information content (AvgIpc) is 2.56. The Hall–Kier alpha value is -0.270. The molecule has 0 aliphatic rings. The SMILES string of the molecule is Fc1ccc(Cl)c(-c2nc(I)ns2)c1.